The first kappa shape index (κ1) is 18.9. The molecule has 1 saturated heterocycles. The quantitative estimate of drug-likeness (QED) is 0.821. The van der Waals surface area contributed by atoms with E-state index in [2.05, 4.69) is 10.2 Å². The van der Waals surface area contributed by atoms with Gasteiger partial charge in [0, 0.05) is 31.6 Å². The topological polar surface area (TPSA) is 84.7 Å². The van der Waals surface area contributed by atoms with Crippen molar-refractivity contribution < 1.29 is 14.3 Å². The number of nitrogens with two attached hydrogens (primary N) is 1. The van der Waals surface area contributed by atoms with Crippen LogP contribution in [0.15, 0.2) is 54.6 Å². The minimum absolute atomic E-state index is 0.112. The van der Waals surface area contributed by atoms with Crippen molar-refractivity contribution in [3.63, 3.8) is 0 Å². The molecule has 1 fully saturated rings. The molecule has 0 saturated carbocycles. The van der Waals surface area contributed by atoms with Gasteiger partial charge in [-0.1, -0.05) is 48.5 Å². The van der Waals surface area contributed by atoms with E-state index < -0.39 is 6.09 Å². The van der Waals surface area contributed by atoms with Crippen LogP contribution in [0, 0.1) is 0 Å². The van der Waals surface area contributed by atoms with Gasteiger partial charge >= 0.3 is 6.09 Å². The number of nitrogens with zero attached hydrogens (tertiary/aromatic N) is 1. The number of nitrogens with one attached hydrogen (secondary N) is 1. The number of carbonyl (C=O) groups excluding carboxylic acids is 2. The predicted molar refractivity (Wildman–Crippen MR) is 105 cm³/mol. The maximum atomic E-state index is 12.4. The molecule has 1 aliphatic heterocycles. The van der Waals surface area contributed by atoms with Crippen LogP contribution in [0.25, 0.3) is 11.1 Å². The Labute approximate surface area is 159 Å². The van der Waals surface area contributed by atoms with Crippen LogP contribution in [0.5, 0.6) is 0 Å². The monoisotopic (exact) mass is 367 g/mol. The smallest absolute Gasteiger partial charge is 0.411 e. The van der Waals surface area contributed by atoms with Crippen molar-refractivity contribution in [3.05, 3.63) is 54.6 Å². The van der Waals surface area contributed by atoms with Gasteiger partial charge in [-0.25, -0.2) is 4.79 Å². The molecule has 2 aromatic rings. The molecule has 0 atom stereocenters. The fourth-order valence-corrected chi connectivity index (χ4v) is 3.27. The largest absolute Gasteiger partial charge is 0.446 e. The summed E-state index contributed by atoms with van der Waals surface area (Å²) in [6.07, 6.45) is 1.33. The van der Waals surface area contributed by atoms with Gasteiger partial charge in [-0.2, -0.15) is 0 Å². The second-order valence-electron chi connectivity index (χ2n) is 6.70. The third kappa shape index (κ3) is 5.56. The molecule has 6 nitrogen and oxygen atoms in total. The van der Waals surface area contributed by atoms with Crippen molar-refractivity contribution in [2.75, 3.05) is 25.0 Å². The minimum atomic E-state index is -0.436. The Balaban J connectivity index is 1.53. The highest BCUT2D eigenvalue weighted by molar-refractivity contribution is 5.91. The van der Waals surface area contributed by atoms with Gasteiger partial charge in [0.1, 0.15) is 6.10 Å². The molecule has 3 N–H and O–H groups in total. The van der Waals surface area contributed by atoms with Gasteiger partial charge in [0.25, 0.3) is 0 Å². The summed E-state index contributed by atoms with van der Waals surface area (Å²) in [6.45, 7) is 2.26. The van der Waals surface area contributed by atoms with Crippen molar-refractivity contribution in [2.45, 2.75) is 25.4 Å². The van der Waals surface area contributed by atoms with Crippen LogP contribution in [-0.4, -0.2) is 42.6 Å². The molecular formula is C21H25N3O3. The maximum absolute atomic E-state index is 12.4. The van der Waals surface area contributed by atoms with E-state index >= 15 is 0 Å². The summed E-state index contributed by atoms with van der Waals surface area (Å²) in [6, 6.07) is 17.6. The lowest BCUT2D eigenvalue weighted by Crippen LogP contribution is -2.39. The second-order valence-corrected chi connectivity index (χ2v) is 6.70. The summed E-state index contributed by atoms with van der Waals surface area (Å²) in [5.41, 5.74) is 7.91. The molecule has 0 spiro atoms. The lowest BCUT2D eigenvalue weighted by molar-refractivity contribution is -0.118. The molecule has 27 heavy (non-hydrogen) atoms. The average Bonchev–Trinajstić information content (AvgIpc) is 2.68. The van der Waals surface area contributed by atoms with Crippen molar-refractivity contribution >= 4 is 17.7 Å². The predicted octanol–water partition coefficient (Wildman–Crippen LogP) is 3.24. The summed E-state index contributed by atoms with van der Waals surface area (Å²) >= 11 is 0. The van der Waals surface area contributed by atoms with E-state index in [0.717, 1.165) is 42.7 Å². The second kappa shape index (κ2) is 9.19. The number of amides is 2. The van der Waals surface area contributed by atoms with E-state index in [1.54, 1.807) is 0 Å². The Bertz CT molecular complexity index is 771. The highest BCUT2D eigenvalue weighted by atomic mass is 16.6. The zero-order chi connectivity index (χ0) is 19.1. The number of benzene rings is 2. The number of primary amides is 1. The molecule has 142 valence electrons. The number of anilines is 1. The van der Waals surface area contributed by atoms with Gasteiger partial charge in [-0.05, 0) is 24.5 Å². The summed E-state index contributed by atoms with van der Waals surface area (Å²) < 4.78 is 5.59. The average molecular weight is 367 g/mol. The Morgan fingerprint density at radius 2 is 1.70 bits per heavy atom. The van der Waals surface area contributed by atoms with Crippen LogP contribution < -0.4 is 11.1 Å². The fraction of sp³-hybridized carbons (Fsp3) is 0.333. The van der Waals surface area contributed by atoms with Gasteiger partial charge in [-0.3, -0.25) is 10.1 Å². The van der Waals surface area contributed by atoms with Crippen molar-refractivity contribution in [3.8, 4) is 11.1 Å². The number of likely N-dealkylation sites (tertiary alicyclic amines) is 1. The number of para-hydroxylation sites is 1. The van der Waals surface area contributed by atoms with Gasteiger partial charge in [-0.15, -0.1) is 0 Å². The fourth-order valence-electron chi connectivity index (χ4n) is 3.27. The number of carbonyl (C=O) groups is 2. The maximum Gasteiger partial charge on any atom is 0.411 e. The van der Waals surface area contributed by atoms with Crippen LogP contribution in [-0.2, 0) is 9.53 Å². The Morgan fingerprint density at radius 1 is 1.04 bits per heavy atom. The first-order valence-electron chi connectivity index (χ1n) is 9.24. The lowest BCUT2D eigenvalue weighted by Gasteiger charge is -2.31. The molecule has 0 bridgehead atoms. The molecular weight excluding hydrogens is 342 g/mol. The van der Waals surface area contributed by atoms with Crippen LogP contribution in [0.3, 0.4) is 0 Å². The number of piperidine rings is 1. The van der Waals surface area contributed by atoms with E-state index in [0.29, 0.717) is 13.0 Å². The van der Waals surface area contributed by atoms with Crippen molar-refractivity contribution in [1.29, 1.82) is 0 Å². The Hall–Kier alpha value is -2.86. The molecule has 6 heteroatoms. The van der Waals surface area contributed by atoms with E-state index in [-0.39, 0.29) is 12.0 Å². The summed E-state index contributed by atoms with van der Waals surface area (Å²) in [4.78, 5) is 25.4. The molecule has 2 aromatic carbocycles. The molecule has 0 unspecified atom stereocenters. The number of rotatable bonds is 6. The van der Waals surface area contributed by atoms with Crippen LogP contribution in [0.4, 0.5) is 10.5 Å². The van der Waals surface area contributed by atoms with E-state index in [4.69, 9.17) is 10.5 Å². The first-order valence-corrected chi connectivity index (χ1v) is 9.24. The third-order valence-electron chi connectivity index (χ3n) is 4.73. The molecule has 0 radical (unpaired) electrons. The minimum Gasteiger partial charge on any atom is -0.446 e. The number of ether oxygens (including phenoxy) is 1. The molecule has 2 amide bonds. The number of hydrogen-bond donors (Lipinski definition) is 2. The first-order chi connectivity index (χ1) is 13.1. The highest BCUT2D eigenvalue weighted by Gasteiger charge is 2.22. The summed E-state index contributed by atoms with van der Waals surface area (Å²) in [7, 11) is 0. The molecule has 0 aromatic heterocycles. The normalized spacial score (nSPS) is 15.3. The summed E-state index contributed by atoms with van der Waals surface area (Å²) in [5.74, 6) is -0.287. The SMILES string of the molecule is NC(=O)CCN1CCC(OC(=O)Nc2ccccc2-c2ccccc2)CC1. The zero-order valence-corrected chi connectivity index (χ0v) is 15.3. The lowest BCUT2D eigenvalue weighted by atomic mass is 10.0. The molecule has 3 rings (SSSR count). The van der Waals surface area contributed by atoms with Gasteiger partial charge in [0.05, 0.1) is 5.69 Å². The summed E-state index contributed by atoms with van der Waals surface area (Å²) in [5, 5.41) is 2.87. The zero-order valence-electron chi connectivity index (χ0n) is 15.3. The third-order valence-corrected chi connectivity index (χ3v) is 4.73. The van der Waals surface area contributed by atoms with E-state index in [1.165, 1.54) is 0 Å². The van der Waals surface area contributed by atoms with Crippen LogP contribution >= 0.6 is 0 Å². The van der Waals surface area contributed by atoms with Crippen molar-refractivity contribution in [1.82, 2.24) is 4.90 Å². The van der Waals surface area contributed by atoms with Crippen molar-refractivity contribution in [2.24, 2.45) is 5.73 Å². The molecule has 1 heterocycles. The number of hydrogen-bond acceptors (Lipinski definition) is 4. The van der Waals surface area contributed by atoms with Gasteiger partial charge < -0.3 is 15.4 Å². The Kier molecular flexibility index (Phi) is 6.44. The molecule has 0 aliphatic carbocycles. The van der Waals surface area contributed by atoms with Gasteiger partial charge in [0.15, 0.2) is 0 Å². The highest BCUT2D eigenvalue weighted by Crippen LogP contribution is 2.27. The van der Waals surface area contributed by atoms with E-state index in [9.17, 15) is 9.59 Å². The van der Waals surface area contributed by atoms with Gasteiger partial charge in [0.2, 0.25) is 5.91 Å². The standard InChI is InChI=1S/C21H25N3O3/c22-20(25)12-15-24-13-10-17(11-14-24)27-21(26)23-19-9-5-4-8-18(19)16-6-2-1-3-7-16/h1-9,17H,10-15H2,(H2,22,25)(H,23,26). The molecule has 1 aliphatic rings. The van der Waals surface area contributed by atoms with E-state index in [1.807, 2.05) is 54.6 Å². The van der Waals surface area contributed by atoms with Crippen LogP contribution in [0.2, 0.25) is 0 Å². The Morgan fingerprint density at radius 3 is 2.41 bits per heavy atom. The van der Waals surface area contributed by atoms with Crippen LogP contribution in [0.1, 0.15) is 19.3 Å².